The second kappa shape index (κ2) is 7.87. The van der Waals surface area contributed by atoms with Crippen molar-refractivity contribution in [1.82, 2.24) is 15.1 Å². The number of hydrogen-bond acceptors (Lipinski definition) is 5. The van der Waals surface area contributed by atoms with Crippen LogP contribution in [0.4, 0.5) is 0 Å². The smallest absolute Gasteiger partial charge is 0.359 e. The lowest BCUT2D eigenvalue weighted by molar-refractivity contribution is -0.125. The zero-order chi connectivity index (χ0) is 20.4. The molecule has 2 aromatic carbocycles. The molecule has 1 amide bonds. The van der Waals surface area contributed by atoms with Crippen LogP contribution in [0.2, 0.25) is 0 Å². The largest absolute Gasteiger partial charge is 0.451 e. The first-order valence-electron chi connectivity index (χ1n) is 9.55. The molecule has 1 heterocycles. The third-order valence-corrected chi connectivity index (χ3v) is 5.19. The maximum atomic E-state index is 12.5. The van der Waals surface area contributed by atoms with E-state index in [0.717, 1.165) is 29.5 Å². The molecule has 1 atom stereocenters. The predicted octanol–water partition coefficient (Wildman–Crippen LogP) is 2.28. The number of carbonyl (C=O) groups is 2. The average molecular weight is 391 g/mol. The van der Waals surface area contributed by atoms with Gasteiger partial charge in [0.15, 0.2) is 12.3 Å². The number of fused-ring (bicyclic) bond motifs is 2. The molecule has 4 rings (SSSR count). The molecule has 0 fully saturated rings. The van der Waals surface area contributed by atoms with Gasteiger partial charge in [-0.3, -0.25) is 9.59 Å². The minimum atomic E-state index is -0.740. The van der Waals surface area contributed by atoms with Gasteiger partial charge < -0.3 is 10.1 Å². The minimum Gasteiger partial charge on any atom is -0.451 e. The SMILES string of the molecule is Cn1nc(C(=O)OCC(=O)N[C@H]2CCCc3ccccc32)c2ccccc2c1=O. The topological polar surface area (TPSA) is 90.3 Å². The third kappa shape index (κ3) is 3.76. The highest BCUT2D eigenvalue weighted by atomic mass is 16.5. The predicted molar refractivity (Wildman–Crippen MR) is 108 cm³/mol. The molecule has 0 saturated carbocycles. The summed E-state index contributed by atoms with van der Waals surface area (Å²) in [5.74, 6) is -1.11. The van der Waals surface area contributed by atoms with Gasteiger partial charge in [0.05, 0.1) is 11.4 Å². The molecule has 1 aromatic heterocycles. The second-order valence-corrected chi connectivity index (χ2v) is 7.11. The van der Waals surface area contributed by atoms with E-state index in [1.165, 1.54) is 12.6 Å². The van der Waals surface area contributed by atoms with Crippen LogP contribution >= 0.6 is 0 Å². The van der Waals surface area contributed by atoms with Crippen molar-refractivity contribution in [3.8, 4) is 0 Å². The Morgan fingerprint density at radius 3 is 2.69 bits per heavy atom. The number of esters is 1. The molecule has 3 aromatic rings. The maximum absolute atomic E-state index is 12.5. The van der Waals surface area contributed by atoms with E-state index in [4.69, 9.17) is 4.74 Å². The first kappa shape index (κ1) is 18.9. The highest BCUT2D eigenvalue weighted by molar-refractivity contribution is 6.02. The van der Waals surface area contributed by atoms with E-state index in [9.17, 15) is 14.4 Å². The minimum absolute atomic E-state index is 0.0125. The van der Waals surface area contributed by atoms with Gasteiger partial charge in [0.25, 0.3) is 11.5 Å². The molecule has 29 heavy (non-hydrogen) atoms. The first-order chi connectivity index (χ1) is 14.0. The van der Waals surface area contributed by atoms with Crippen molar-refractivity contribution < 1.29 is 14.3 Å². The van der Waals surface area contributed by atoms with Crippen LogP contribution < -0.4 is 10.9 Å². The van der Waals surface area contributed by atoms with Crippen molar-refractivity contribution in [2.24, 2.45) is 7.05 Å². The molecule has 0 bridgehead atoms. The summed E-state index contributed by atoms with van der Waals surface area (Å²) >= 11 is 0. The number of amides is 1. The normalized spacial score (nSPS) is 15.6. The van der Waals surface area contributed by atoms with Crippen LogP contribution in [0.15, 0.2) is 53.3 Å². The maximum Gasteiger partial charge on any atom is 0.359 e. The fourth-order valence-corrected chi connectivity index (χ4v) is 3.79. The molecule has 0 aliphatic heterocycles. The number of nitrogens with one attached hydrogen (secondary N) is 1. The summed E-state index contributed by atoms with van der Waals surface area (Å²) in [6, 6.07) is 14.7. The molecule has 0 spiro atoms. The number of rotatable bonds is 4. The van der Waals surface area contributed by atoms with Gasteiger partial charge in [-0.05, 0) is 36.5 Å². The number of aromatic nitrogens is 2. The first-order valence-corrected chi connectivity index (χ1v) is 9.55. The second-order valence-electron chi connectivity index (χ2n) is 7.11. The standard InChI is InChI=1S/C22H21N3O4/c1-25-21(27)17-11-5-4-10-16(17)20(24-25)22(28)29-13-19(26)23-18-12-6-8-14-7-2-3-9-15(14)18/h2-5,7,9-11,18H,6,8,12-13H2,1H3,(H,23,26)/t18-/m0/s1. The summed E-state index contributed by atoms with van der Waals surface area (Å²) in [5.41, 5.74) is 2.07. The Morgan fingerprint density at radius 1 is 1.14 bits per heavy atom. The number of nitrogens with zero attached hydrogens (tertiary/aromatic N) is 2. The molecule has 0 unspecified atom stereocenters. The van der Waals surface area contributed by atoms with Crippen molar-refractivity contribution >= 4 is 22.6 Å². The fraction of sp³-hybridized carbons (Fsp3) is 0.273. The van der Waals surface area contributed by atoms with Crippen LogP contribution in [0.1, 0.15) is 40.5 Å². The Morgan fingerprint density at radius 2 is 1.86 bits per heavy atom. The molecule has 1 aliphatic carbocycles. The quantitative estimate of drug-likeness (QED) is 0.689. The molecule has 1 aliphatic rings. The lowest BCUT2D eigenvalue weighted by Gasteiger charge is -2.26. The van der Waals surface area contributed by atoms with Crippen LogP contribution in [0, 0.1) is 0 Å². The van der Waals surface area contributed by atoms with Gasteiger partial charge in [0, 0.05) is 12.4 Å². The Labute approximate surface area is 167 Å². The number of carbonyl (C=O) groups excluding carboxylic acids is 2. The van der Waals surface area contributed by atoms with Crippen LogP contribution in [-0.4, -0.2) is 28.3 Å². The Bertz CT molecular complexity index is 1150. The van der Waals surface area contributed by atoms with Crippen molar-refractivity contribution in [2.75, 3.05) is 6.61 Å². The van der Waals surface area contributed by atoms with E-state index >= 15 is 0 Å². The van der Waals surface area contributed by atoms with Crippen molar-refractivity contribution in [3.05, 3.63) is 75.7 Å². The van der Waals surface area contributed by atoms with Crippen molar-refractivity contribution in [2.45, 2.75) is 25.3 Å². The van der Waals surface area contributed by atoms with E-state index in [1.54, 1.807) is 24.3 Å². The zero-order valence-corrected chi connectivity index (χ0v) is 16.1. The van der Waals surface area contributed by atoms with Gasteiger partial charge >= 0.3 is 5.97 Å². The summed E-state index contributed by atoms with van der Waals surface area (Å²) in [6.45, 7) is -0.406. The lowest BCUT2D eigenvalue weighted by Crippen LogP contribution is -2.34. The molecule has 7 heteroatoms. The average Bonchev–Trinajstić information content (AvgIpc) is 2.75. The van der Waals surface area contributed by atoms with Gasteiger partial charge in [-0.2, -0.15) is 5.10 Å². The molecule has 0 radical (unpaired) electrons. The van der Waals surface area contributed by atoms with E-state index in [-0.39, 0.29) is 23.2 Å². The summed E-state index contributed by atoms with van der Waals surface area (Å²) in [4.78, 5) is 37.1. The van der Waals surface area contributed by atoms with Gasteiger partial charge in [-0.1, -0.05) is 42.5 Å². The number of aryl methyl sites for hydroxylation is 2. The monoisotopic (exact) mass is 391 g/mol. The molecule has 148 valence electrons. The summed E-state index contributed by atoms with van der Waals surface area (Å²) < 4.78 is 6.29. The van der Waals surface area contributed by atoms with Crippen LogP contribution in [-0.2, 0) is 23.0 Å². The Kier molecular flexibility index (Phi) is 5.12. The highest BCUT2D eigenvalue weighted by Gasteiger charge is 2.23. The third-order valence-electron chi connectivity index (χ3n) is 5.19. The summed E-state index contributed by atoms with van der Waals surface area (Å²) in [7, 11) is 1.47. The van der Waals surface area contributed by atoms with E-state index in [1.807, 2.05) is 18.2 Å². The Hall–Kier alpha value is -3.48. The van der Waals surface area contributed by atoms with Gasteiger partial charge in [0.1, 0.15) is 0 Å². The van der Waals surface area contributed by atoms with Crippen LogP contribution in [0.3, 0.4) is 0 Å². The molecular weight excluding hydrogens is 370 g/mol. The van der Waals surface area contributed by atoms with Crippen molar-refractivity contribution in [3.63, 3.8) is 0 Å². The molecule has 1 N–H and O–H groups in total. The van der Waals surface area contributed by atoms with Crippen LogP contribution in [0.25, 0.3) is 10.8 Å². The molecule has 7 nitrogen and oxygen atoms in total. The van der Waals surface area contributed by atoms with E-state index in [0.29, 0.717) is 10.8 Å². The molecular formula is C22H21N3O4. The lowest BCUT2D eigenvalue weighted by atomic mass is 9.88. The summed E-state index contributed by atoms with van der Waals surface area (Å²) in [6.07, 6.45) is 2.85. The Balaban J connectivity index is 1.46. The highest BCUT2D eigenvalue weighted by Crippen LogP contribution is 2.29. The summed E-state index contributed by atoms with van der Waals surface area (Å²) in [5, 5.41) is 7.75. The van der Waals surface area contributed by atoms with Gasteiger partial charge in [-0.25, -0.2) is 9.48 Å². The fourth-order valence-electron chi connectivity index (χ4n) is 3.79. The zero-order valence-electron chi connectivity index (χ0n) is 16.1. The number of benzene rings is 2. The number of hydrogen-bond donors (Lipinski definition) is 1. The van der Waals surface area contributed by atoms with Crippen LogP contribution in [0.5, 0.6) is 0 Å². The van der Waals surface area contributed by atoms with Gasteiger partial charge in [0.2, 0.25) is 0 Å². The van der Waals surface area contributed by atoms with Crippen molar-refractivity contribution in [1.29, 1.82) is 0 Å². The number of ether oxygens (including phenoxy) is 1. The molecule has 0 saturated heterocycles. The van der Waals surface area contributed by atoms with Gasteiger partial charge in [-0.15, -0.1) is 0 Å². The van der Waals surface area contributed by atoms with E-state index < -0.39 is 12.6 Å². The van der Waals surface area contributed by atoms with E-state index in [2.05, 4.69) is 16.5 Å².